The van der Waals surface area contributed by atoms with Crippen molar-refractivity contribution in [2.75, 3.05) is 39.3 Å². The molecule has 0 aromatic heterocycles. The molecule has 1 heterocycles. The Hall–Kier alpha value is -1.39. The second kappa shape index (κ2) is 7.57. The lowest BCUT2D eigenvalue weighted by Gasteiger charge is -2.22. The Morgan fingerprint density at radius 1 is 1.24 bits per heavy atom. The first kappa shape index (κ1) is 16.0. The van der Waals surface area contributed by atoms with Crippen molar-refractivity contribution >= 4 is 5.97 Å². The zero-order valence-electron chi connectivity index (χ0n) is 13.0. The first-order chi connectivity index (χ1) is 10.2. The number of carboxylic acid groups (broad SMARTS) is 1. The SMILES string of the molecule is CCN(CC)CCN1C[C@H](C(=O)O)[C@@H](c2ccccc2)C1. The van der Waals surface area contributed by atoms with Crippen molar-refractivity contribution in [2.45, 2.75) is 19.8 Å². The van der Waals surface area contributed by atoms with Gasteiger partial charge in [-0.25, -0.2) is 0 Å². The van der Waals surface area contributed by atoms with Crippen LogP contribution in [0, 0.1) is 5.92 Å². The fraction of sp³-hybridized carbons (Fsp3) is 0.588. The molecule has 1 aromatic rings. The lowest BCUT2D eigenvalue weighted by Crippen LogP contribution is -2.34. The fourth-order valence-corrected chi connectivity index (χ4v) is 3.18. The predicted molar refractivity (Wildman–Crippen MR) is 84.5 cm³/mol. The molecule has 0 unspecified atom stereocenters. The Morgan fingerprint density at radius 2 is 1.90 bits per heavy atom. The molecule has 0 saturated carbocycles. The van der Waals surface area contributed by atoms with E-state index in [2.05, 4.69) is 35.8 Å². The van der Waals surface area contributed by atoms with Gasteiger partial charge in [0.1, 0.15) is 0 Å². The summed E-state index contributed by atoms with van der Waals surface area (Å²) in [4.78, 5) is 16.2. The van der Waals surface area contributed by atoms with E-state index in [0.29, 0.717) is 6.54 Å². The number of nitrogens with zero attached hydrogens (tertiary/aromatic N) is 2. The number of likely N-dealkylation sites (tertiary alicyclic amines) is 1. The maximum Gasteiger partial charge on any atom is 0.308 e. The van der Waals surface area contributed by atoms with Crippen molar-refractivity contribution < 1.29 is 9.90 Å². The minimum atomic E-state index is -0.672. The summed E-state index contributed by atoms with van der Waals surface area (Å²) in [6.45, 7) is 9.91. The van der Waals surface area contributed by atoms with Crippen LogP contribution in [0.15, 0.2) is 30.3 Å². The van der Waals surface area contributed by atoms with E-state index in [-0.39, 0.29) is 11.8 Å². The van der Waals surface area contributed by atoms with Gasteiger partial charge in [0.15, 0.2) is 0 Å². The van der Waals surface area contributed by atoms with E-state index < -0.39 is 5.97 Å². The molecule has 2 rings (SSSR count). The fourth-order valence-electron chi connectivity index (χ4n) is 3.18. The van der Waals surface area contributed by atoms with Crippen molar-refractivity contribution in [3.05, 3.63) is 35.9 Å². The highest BCUT2D eigenvalue weighted by Crippen LogP contribution is 2.32. The van der Waals surface area contributed by atoms with E-state index in [4.69, 9.17) is 0 Å². The minimum Gasteiger partial charge on any atom is -0.481 e. The molecule has 0 spiro atoms. The van der Waals surface area contributed by atoms with Crippen LogP contribution in [0.25, 0.3) is 0 Å². The second-order valence-corrected chi connectivity index (χ2v) is 5.75. The minimum absolute atomic E-state index is 0.111. The quantitative estimate of drug-likeness (QED) is 0.835. The molecule has 0 aliphatic carbocycles. The van der Waals surface area contributed by atoms with Crippen LogP contribution >= 0.6 is 0 Å². The van der Waals surface area contributed by atoms with Gasteiger partial charge >= 0.3 is 5.97 Å². The Balaban J connectivity index is 2.00. The summed E-state index contributed by atoms with van der Waals surface area (Å²) in [6.07, 6.45) is 0. The van der Waals surface area contributed by atoms with Gasteiger partial charge in [0.2, 0.25) is 0 Å². The summed E-state index contributed by atoms with van der Waals surface area (Å²) in [5.41, 5.74) is 1.15. The summed E-state index contributed by atoms with van der Waals surface area (Å²) < 4.78 is 0. The largest absolute Gasteiger partial charge is 0.481 e. The van der Waals surface area contributed by atoms with E-state index >= 15 is 0 Å². The third-order valence-corrected chi connectivity index (χ3v) is 4.57. The summed E-state index contributed by atoms with van der Waals surface area (Å²) in [5, 5.41) is 9.50. The molecule has 2 atom stereocenters. The maximum atomic E-state index is 11.5. The number of hydrogen-bond acceptors (Lipinski definition) is 3. The molecule has 116 valence electrons. The van der Waals surface area contributed by atoms with Gasteiger partial charge in [-0.1, -0.05) is 44.2 Å². The third-order valence-electron chi connectivity index (χ3n) is 4.57. The van der Waals surface area contributed by atoms with Gasteiger partial charge in [-0.3, -0.25) is 4.79 Å². The molecule has 1 saturated heterocycles. The lowest BCUT2D eigenvalue weighted by molar-refractivity contribution is -0.141. The van der Waals surface area contributed by atoms with Crippen molar-refractivity contribution in [3.8, 4) is 0 Å². The zero-order chi connectivity index (χ0) is 15.2. The van der Waals surface area contributed by atoms with Crippen LogP contribution in [0.3, 0.4) is 0 Å². The maximum absolute atomic E-state index is 11.5. The number of aliphatic carboxylic acids is 1. The summed E-state index contributed by atoms with van der Waals surface area (Å²) in [6, 6.07) is 10.1. The van der Waals surface area contributed by atoms with Crippen LogP contribution in [0.1, 0.15) is 25.3 Å². The van der Waals surface area contributed by atoms with Crippen LogP contribution in [0.4, 0.5) is 0 Å². The van der Waals surface area contributed by atoms with Gasteiger partial charge in [-0.15, -0.1) is 0 Å². The highest BCUT2D eigenvalue weighted by Gasteiger charge is 2.38. The van der Waals surface area contributed by atoms with Gasteiger partial charge in [0, 0.05) is 32.1 Å². The van der Waals surface area contributed by atoms with Crippen molar-refractivity contribution in [3.63, 3.8) is 0 Å². The summed E-state index contributed by atoms with van der Waals surface area (Å²) >= 11 is 0. The average Bonchev–Trinajstić information content (AvgIpc) is 2.94. The zero-order valence-corrected chi connectivity index (χ0v) is 13.0. The van der Waals surface area contributed by atoms with Crippen molar-refractivity contribution in [2.24, 2.45) is 5.92 Å². The molecule has 1 aromatic carbocycles. The molecule has 4 nitrogen and oxygen atoms in total. The molecule has 21 heavy (non-hydrogen) atoms. The van der Waals surface area contributed by atoms with Gasteiger partial charge in [-0.05, 0) is 18.7 Å². The molecule has 0 amide bonds. The number of likely N-dealkylation sites (N-methyl/N-ethyl adjacent to an activating group) is 1. The summed E-state index contributed by atoms with van der Waals surface area (Å²) in [5.74, 6) is -0.848. The van der Waals surface area contributed by atoms with Crippen LogP contribution in [-0.2, 0) is 4.79 Å². The van der Waals surface area contributed by atoms with E-state index in [1.165, 1.54) is 0 Å². The van der Waals surface area contributed by atoms with Gasteiger partial charge in [-0.2, -0.15) is 0 Å². The van der Waals surface area contributed by atoms with E-state index in [1.807, 2.05) is 18.2 Å². The van der Waals surface area contributed by atoms with E-state index in [1.54, 1.807) is 0 Å². The van der Waals surface area contributed by atoms with Crippen LogP contribution in [0.5, 0.6) is 0 Å². The number of rotatable bonds is 7. The van der Waals surface area contributed by atoms with Crippen molar-refractivity contribution in [1.29, 1.82) is 0 Å². The van der Waals surface area contributed by atoms with Gasteiger partial charge < -0.3 is 14.9 Å². The van der Waals surface area contributed by atoms with Gasteiger partial charge in [0.05, 0.1) is 5.92 Å². The van der Waals surface area contributed by atoms with E-state index in [9.17, 15) is 9.90 Å². The highest BCUT2D eigenvalue weighted by molar-refractivity contribution is 5.72. The third kappa shape index (κ3) is 4.05. The van der Waals surface area contributed by atoms with Crippen LogP contribution < -0.4 is 0 Å². The van der Waals surface area contributed by atoms with Crippen LogP contribution in [0.2, 0.25) is 0 Å². The first-order valence-corrected chi connectivity index (χ1v) is 7.88. The summed E-state index contributed by atoms with van der Waals surface area (Å²) in [7, 11) is 0. The Morgan fingerprint density at radius 3 is 2.48 bits per heavy atom. The topological polar surface area (TPSA) is 43.8 Å². The molecule has 4 heteroatoms. The highest BCUT2D eigenvalue weighted by atomic mass is 16.4. The standard InChI is InChI=1S/C17H26N2O2/c1-3-18(4-2)10-11-19-12-15(16(13-19)17(20)21)14-8-6-5-7-9-14/h5-9,15-16H,3-4,10-13H2,1-2H3,(H,20,21)/t15-,16+/m1/s1. The number of carboxylic acids is 1. The van der Waals surface area contributed by atoms with Gasteiger partial charge in [0.25, 0.3) is 0 Å². The molecular formula is C17H26N2O2. The lowest BCUT2D eigenvalue weighted by atomic mass is 9.89. The molecule has 0 radical (unpaired) electrons. The molecule has 1 aliphatic heterocycles. The molecule has 1 fully saturated rings. The van der Waals surface area contributed by atoms with Crippen molar-refractivity contribution in [1.82, 2.24) is 9.80 Å². The first-order valence-electron chi connectivity index (χ1n) is 7.88. The van der Waals surface area contributed by atoms with Crippen LogP contribution in [-0.4, -0.2) is 60.1 Å². The Bertz CT molecular complexity index is 445. The Kier molecular flexibility index (Phi) is 5.76. The molecule has 0 bridgehead atoms. The number of benzene rings is 1. The number of hydrogen-bond donors (Lipinski definition) is 1. The monoisotopic (exact) mass is 290 g/mol. The molecule has 1 N–H and O–H groups in total. The number of carbonyl (C=O) groups is 1. The normalized spacial score (nSPS) is 22.8. The van der Waals surface area contributed by atoms with E-state index in [0.717, 1.165) is 38.3 Å². The smallest absolute Gasteiger partial charge is 0.308 e. The molecule has 1 aliphatic rings. The predicted octanol–water partition coefficient (Wildman–Crippen LogP) is 2.13. The average molecular weight is 290 g/mol. The molecular weight excluding hydrogens is 264 g/mol. The second-order valence-electron chi connectivity index (χ2n) is 5.75. The Labute approximate surface area is 127 Å².